The van der Waals surface area contributed by atoms with Crippen LogP contribution >= 0.6 is 11.3 Å². The maximum Gasteiger partial charge on any atom is 0.123 e. The lowest BCUT2D eigenvalue weighted by atomic mass is 10.0. The molecule has 0 bridgehead atoms. The molecule has 27 heavy (non-hydrogen) atoms. The van der Waals surface area contributed by atoms with Crippen molar-refractivity contribution in [3.05, 3.63) is 82.3 Å². The van der Waals surface area contributed by atoms with Crippen LogP contribution in [0, 0.1) is 5.82 Å². The molecule has 0 fully saturated rings. The van der Waals surface area contributed by atoms with E-state index >= 15 is 0 Å². The van der Waals surface area contributed by atoms with Crippen LogP contribution in [0.4, 0.5) is 4.39 Å². The molecule has 0 unspecified atom stereocenters. The van der Waals surface area contributed by atoms with Crippen LogP contribution in [0.3, 0.4) is 0 Å². The molecule has 136 valence electrons. The summed E-state index contributed by atoms with van der Waals surface area (Å²) in [4.78, 5) is 4.90. The van der Waals surface area contributed by atoms with Gasteiger partial charge in [0.2, 0.25) is 0 Å². The summed E-state index contributed by atoms with van der Waals surface area (Å²) in [6.45, 7) is 1.35. The summed E-state index contributed by atoms with van der Waals surface area (Å²) in [6.07, 6.45) is 0. The number of aromatic nitrogens is 1. The normalized spacial score (nSPS) is 11.0. The predicted octanol–water partition coefficient (Wildman–Crippen LogP) is 5.40. The highest BCUT2D eigenvalue weighted by Gasteiger charge is 2.10. The van der Waals surface area contributed by atoms with Gasteiger partial charge >= 0.3 is 0 Å². The Labute approximate surface area is 161 Å². The van der Waals surface area contributed by atoms with E-state index in [9.17, 15) is 4.39 Å². The van der Waals surface area contributed by atoms with E-state index < -0.39 is 0 Å². The van der Waals surface area contributed by atoms with Gasteiger partial charge in [-0.05, 0) is 52.9 Å². The van der Waals surface area contributed by atoms with Crippen LogP contribution in [0.2, 0.25) is 0 Å². The second-order valence-electron chi connectivity index (χ2n) is 6.30. The zero-order valence-electron chi connectivity index (χ0n) is 14.9. The Hall–Kier alpha value is -2.76. The molecule has 0 aliphatic rings. The number of pyridine rings is 1. The van der Waals surface area contributed by atoms with E-state index in [4.69, 9.17) is 9.72 Å². The SMILES string of the molecule is COc1ccc2cc(CNCc3ccc(F)cc3)c(-c3ccsc3)nc2c1. The highest BCUT2D eigenvalue weighted by atomic mass is 32.1. The maximum absolute atomic E-state index is 13.0. The van der Waals surface area contributed by atoms with E-state index in [-0.39, 0.29) is 5.82 Å². The molecule has 0 aliphatic heterocycles. The summed E-state index contributed by atoms with van der Waals surface area (Å²) in [7, 11) is 1.66. The van der Waals surface area contributed by atoms with E-state index in [0.717, 1.165) is 39.0 Å². The number of ether oxygens (including phenoxy) is 1. The molecular formula is C22H19FN2OS. The first-order valence-corrected chi connectivity index (χ1v) is 9.62. The fourth-order valence-electron chi connectivity index (χ4n) is 3.05. The van der Waals surface area contributed by atoms with Gasteiger partial charge in [0.15, 0.2) is 0 Å². The summed E-state index contributed by atoms with van der Waals surface area (Å²) in [5.74, 6) is 0.584. The van der Waals surface area contributed by atoms with Crippen molar-refractivity contribution in [2.24, 2.45) is 0 Å². The van der Waals surface area contributed by atoms with Crippen molar-refractivity contribution in [2.75, 3.05) is 7.11 Å². The lowest BCUT2D eigenvalue weighted by Crippen LogP contribution is -2.14. The van der Waals surface area contributed by atoms with Crippen molar-refractivity contribution in [3.63, 3.8) is 0 Å². The van der Waals surface area contributed by atoms with Gasteiger partial charge in [0.25, 0.3) is 0 Å². The lowest BCUT2D eigenvalue weighted by Gasteiger charge is -2.12. The number of hydrogen-bond acceptors (Lipinski definition) is 4. The van der Waals surface area contributed by atoms with Gasteiger partial charge in [-0.15, -0.1) is 0 Å². The van der Waals surface area contributed by atoms with Gasteiger partial charge < -0.3 is 10.1 Å². The number of methoxy groups -OCH3 is 1. The average Bonchev–Trinajstić information content (AvgIpc) is 3.23. The van der Waals surface area contributed by atoms with Crippen LogP contribution < -0.4 is 10.1 Å². The van der Waals surface area contributed by atoms with Gasteiger partial charge in [0.1, 0.15) is 11.6 Å². The Morgan fingerprint density at radius 3 is 2.63 bits per heavy atom. The number of thiophene rings is 1. The van der Waals surface area contributed by atoms with Crippen molar-refractivity contribution < 1.29 is 9.13 Å². The van der Waals surface area contributed by atoms with Crippen LogP contribution in [-0.4, -0.2) is 12.1 Å². The number of rotatable bonds is 6. The number of fused-ring (bicyclic) bond motifs is 1. The Morgan fingerprint density at radius 2 is 1.89 bits per heavy atom. The minimum atomic E-state index is -0.215. The van der Waals surface area contributed by atoms with Gasteiger partial charge in [-0.3, -0.25) is 0 Å². The molecule has 2 heterocycles. The van der Waals surface area contributed by atoms with Crippen molar-refractivity contribution in [2.45, 2.75) is 13.1 Å². The van der Waals surface area contributed by atoms with Crippen molar-refractivity contribution in [1.82, 2.24) is 10.3 Å². The molecule has 0 spiro atoms. The zero-order valence-corrected chi connectivity index (χ0v) is 15.7. The quantitative estimate of drug-likeness (QED) is 0.488. The van der Waals surface area contributed by atoms with Gasteiger partial charge in [-0.1, -0.05) is 12.1 Å². The number of benzene rings is 2. The monoisotopic (exact) mass is 378 g/mol. The van der Waals surface area contributed by atoms with Crippen LogP contribution in [0.1, 0.15) is 11.1 Å². The second kappa shape index (κ2) is 7.86. The standard InChI is InChI=1S/C22H19FN2OS/c1-26-20-7-4-16-10-18(13-24-12-15-2-5-19(23)6-3-15)22(25-21(16)11-20)17-8-9-27-14-17/h2-11,14,24H,12-13H2,1H3. The van der Waals surface area contributed by atoms with Crippen LogP contribution in [0.25, 0.3) is 22.2 Å². The fraction of sp³-hybridized carbons (Fsp3) is 0.136. The van der Waals surface area contributed by atoms with Crippen LogP contribution in [-0.2, 0) is 13.1 Å². The van der Waals surface area contributed by atoms with Gasteiger partial charge in [0.05, 0.1) is 18.3 Å². The second-order valence-corrected chi connectivity index (χ2v) is 7.08. The van der Waals surface area contributed by atoms with Gasteiger partial charge in [-0.25, -0.2) is 9.37 Å². The Bertz CT molecular complexity index is 1050. The van der Waals surface area contributed by atoms with Crippen LogP contribution in [0.15, 0.2) is 65.4 Å². The van der Waals surface area contributed by atoms with Crippen molar-refractivity contribution in [1.29, 1.82) is 0 Å². The molecule has 0 saturated heterocycles. The van der Waals surface area contributed by atoms with Crippen LogP contribution in [0.5, 0.6) is 5.75 Å². The summed E-state index contributed by atoms with van der Waals surface area (Å²) in [5.41, 5.74) is 5.19. The van der Waals surface area contributed by atoms with E-state index in [2.05, 4.69) is 28.2 Å². The minimum absolute atomic E-state index is 0.215. The molecule has 4 rings (SSSR count). The first-order valence-electron chi connectivity index (χ1n) is 8.68. The lowest BCUT2D eigenvalue weighted by molar-refractivity contribution is 0.415. The van der Waals surface area contributed by atoms with E-state index in [1.807, 2.05) is 18.2 Å². The molecule has 0 saturated carbocycles. The highest BCUT2D eigenvalue weighted by molar-refractivity contribution is 7.08. The Morgan fingerprint density at radius 1 is 1.04 bits per heavy atom. The number of nitrogens with one attached hydrogen (secondary N) is 1. The maximum atomic E-state index is 13.0. The topological polar surface area (TPSA) is 34.1 Å². The Balaban J connectivity index is 1.63. The van der Waals surface area contributed by atoms with Crippen molar-refractivity contribution in [3.8, 4) is 17.0 Å². The highest BCUT2D eigenvalue weighted by Crippen LogP contribution is 2.29. The molecule has 0 radical (unpaired) electrons. The summed E-state index contributed by atoms with van der Waals surface area (Å²) < 4.78 is 18.4. The van der Waals surface area contributed by atoms with E-state index in [1.54, 1.807) is 30.6 Å². The average molecular weight is 378 g/mol. The van der Waals surface area contributed by atoms with Crippen molar-refractivity contribution >= 4 is 22.2 Å². The minimum Gasteiger partial charge on any atom is -0.497 e. The fourth-order valence-corrected chi connectivity index (χ4v) is 3.69. The Kier molecular flexibility index (Phi) is 5.14. The third kappa shape index (κ3) is 3.99. The number of halogens is 1. The smallest absolute Gasteiger partial charge is 0.123 e. The molecule has 1 N–H and O–H groups in total. The molecule has 3 nitrogen and oxygen atoms in total. The van der Waals surface area contributed by atoms with Gasteiger partial charge in [0, 0.05) is 35.5 Å². The number of hydrogen-bond donors (Lipinski definition) is 1. The molecular weight excluding hydrogens is 359 g/mol. The summed E-state index contributed by atoms with van der Waals surface area (Å²) in [5, 5.41) is 8.69. The van der Waals surface area contributed by atoms with E-state index in [0.29, 0.717) is 13.1 Å². The molecule has 5 heteroatoms. The third-order valence-electron chi connectivity index (χ3n) is 4.46. The first-order chi connectivity index (χ1) is 13.2. The summed E-state index contributed by atoms with van der Waals surface area (Å²) >= 11 is 1.66. The molecule has 2 aromatic heterocycles. The zero-order chi connectivity index (χ0) is 18.6. The summed E-state index contributed by atoms with van der Waals surface area (Å²) in [6, 6.07) is 16.8. The molecule has 4 aromatic rings. The molecule has 0 aliphatic carbocycles. The van der Waals surface area contributed by atoms with E-state index in [1.165, 1.54) is 12.1 Å². The van der Waals surface area contributed by atoms with Gasteiger partial charge in [-0.2, -0.15) is 11.3 Å². The number of nitrogens with zero attached hydrogens (tertiary/aromatic N) is 1. The molecule has 0 amide bonds. The molecule has 0 atom stereocenters. The largest absolute Gasteiger partial charge is 0.497 e. The third-order valence-corrected chi connectivity index (χ3v) is 5.14. The predicted molar refractivity (Wildman–Crippen MR) is 109 cm³/mol. The molecule has 2 aromatic carbocycles. The first kappa shape index (κ1) is 17.6.